The Morgan fingerprint density at radius 1 is 1.17 bits per heavy atom. The van der Waals surface area contributed by atoms with Crippen molar-refractivity contribution in [3.63, 3.8) is 0 Å². The third kappa shape index (κ3) is 4.00. The van der Waals surface area contributed by atoms with Gasteiger partial charge in [0.25, 0.3) is 0 Å². The molecule has 124 valence electrons. The molecule has 0 radical (unpaired) electrons. The van der Waals surface area contributed by atoms with Gasteiger partial charge in [-0.05, 0) is 30.3 Å². The van der Waals surface area contributed by atoms with Gasteiger partial charge >= 0.3 is 0 Å². The highest BCUT2D eigenvalue weighted by molar-refractivity contribution is 9.10. The highest BCUT2D eigenvalue weighted by Crippen LogP contribution is 2.28. The smallest absolute Gasteiger partial charge is 0.227 e. The molecule has 1 heterocycles. The average Bonchev–Trinajstić information content (AvgIpc) is 2.95. The topological polar surface area (TPSA) is 76.1 Å². The van der Waals surface area contributed by atoms with Crippen molar-refractivity contribution in [1.29, 1.82) is 0 Å². The van der Waals surface area contributed by atoms with Crippen molar-refractivity contribution in [3.05, 3.63) is 53.0 Å². The van der Waals surface area contributed by atoms with E-state index < -0.39 is 9.84 Å². The lowest BCUT2D eigenvalue weighted by Gasteiger charge is -2.04. The van der Waals surface area contributed by atoms with E-state index in [1.165, 1.54) is 23.5 Å². The molecule has 1 N–H and O–H groups in total. The predicted molar refractivity (Wildman–Crippen MR) is 99.1 cm³/mol. The van der Waals surface area contributed by atoms with E-state index in [2.05, 4.69) is 26.2 Å². The van der Waals surface area contributed by atoms with Crippen LogP contribution < -0.4 is 5.32 Å². The summed E-state index contributed by atoms with van der Waals surface area (Å²) < 4.78 is 26.2. The molecule has 0 fully saturated rings. The summed E-state index contributed by atoms with van der Waals surface area (Å²) in [6, 6.07) is 13.8. The Kier molecular flexibility index (Phi) is 4.98. The van der Waals surface area contributed by atoms with Crippen LogP contribution in [0.4, 0.5) is 5.13 Å². The molecule has 3 aromatic rings. The second-order valence-electron chi connectivity index (χ2n) is 5.06. The van der Waals surface area contributed by atoms with Crippen LogP contribution >= 0.6 is 27.3 Å². The molecule has 0 spiro atoms. The van der Waals surface area contributed by atoms with E-state index in [-0.39, 0.29) is 23.0 Å². The fourth-order valence-corrected chi connectivity index (χ4v) is 4.80. The van der Waals surface area contributed by atoms with Gasteiger partial charge in [-0.2, -0.15) is 0 Å². The number of thiazole rings is 1. The van der Waals surface area contributed by atoms with E-state index in [1.54, 1.807) is 18.2 Å². The molecule has 1 amide bonds. The quantitative estimate of drug-likeness (QED) is 0.674. The van der Waals surface area contributed by atoms with E-state index >= 15 is 0 Å². The molecular weight excluding hydrogens is 412 g/mol. The number of carbonyl (C=O) groups is 1. The van der Waals surface area contributed by atoms with Crippen molar-refractivity contribution < 1.29 is 13.2 Å². The Bertz CT molecular complexity index is 985. The zero-order valence-electron chi connectivity index (χ0n) is 12.4. The number of fused-ring (bicyclic) bond motifs is 1. The van der Waals surface area contributed by atoms with Gasteiger partial charge in [-0.25, -0.2) is 13.4 Å². The monoisotopic (exact) mass is 424 g/mol. The normalized spacial score (nSPS) is 11.5. The van der Waals surface area contributed by atoms with Gasteiger partial charge in [0.1, 0.15) is 0 Å². The zero-order valence-corrected chi connectivity index (χ0v) is 15.6. The van der Waals surface area contributed by atoms with Crippen molar-refractivity contribution in [2.45, 2.75) is 11.3 Å². The minimum Gasteiger partial charge on any atom is -0.302 e. The third-order valence-corrected chi connectivity index (χ3v) is 6.46. The highest BCUT2D eigenvalue weighted by atomic mass is 79.9. The lowest BCUT2D eigenvalue weighted by atomic mass is 10.3. The molecule has 0 saturated carbocycles. The van der Waals surface area contributed by atoms with Crippen molar-refractivity contribution in [2.75, 3.05) is 11.1 Å². The molecule has 0 atom stereocenters. The van der Waals surface area contributed by atoms with Crippen LogP contribution in [0.15, 0.2) is 57.9 Å². The standard InChI is InChI=1S/C16H13BrN2O3S2/c17-11-6-7-13-14(10-11)23-16(18-13)19-15(20)8-9-24(21,22)12-4-2-1-3-5-12/h1-7,10H,8-9H2,(H,18,19,20). The minimum absolute atomic E-state index is 0.114. The molecule has 24 heavy (non-hydrogen) atoms. The van der Waals surface area contributed by atoms with Gasteiger partial charge in [0.15, 0.2) is 15.0 Å². The van der Waals surface area contributed by atoms with E-state index in [4.69, 9.17) is 0 Å². The van der Waals surface area contributed by atoms with Crippen molar-refractivity contribution in [2.24, 2.45) is 0 Å². The lowest BCUT2D eigenvalue weighted by Crippen LogP contribution is -2.17. The van der Waals surface area contributed by atoms with E-state index in [0.29, 0.717) is 5.13 Å². The number of aromatic nitrogens is 1. The number of hydrogen-bond donors (Lipinski definition) is 1. The number of benzene rings is 2. The Labute approximate surface area is 151 Å². The fourth-order valence-electron chi connectivity index (χ4n) is 2.11. The van der Waals surface area contributed by atoms with Gasteiger partial charge in [0.05, 0.1) is 20.9 Å². The maximum absolute atomic E-state index is 12.2. The van der Waals surface area contributed by atoms with Crippen LogP contribution in [-0.2, 0) is 14.6 Å². The Morgan fingerprint density at radius 2 is 1.92 bits per heavy atom. The molecule has 2 aromatic carbocycles. The molecule has 3 rings (SSSR count). The number of nitrogens with zero attached hydrogens (tertiary/aromatic N) is 1. The number of hydrogen-bond acceptors (Lipinski definition) is 5. The Morgan fingerprint density at radius 3 is 2.67 bits per heavy atom. The Balaban J connectivity index is 1.65. The van der Waals surface area contributed by atoms with Crippen LogP contribution in [0.25, 0.3) is 10.2 Å². The highest BCUT2D eigenvalue weighted by Gasteiger charge is 2.17. The van der Waals surface area contributed by atoms with E-state index in [0.717, 1.165) is 14.7 Å². The molecule has 0 aliphatic carbocycles. The van der Waals surface area contributed by atoms with Crippen molar-refractivity contribution in [3.8, 4) is 0 Å². The molecule has 1 aromatic heterocycles. The van der Waals surface area contributed by atoms with Gasteiger partial charge in [-0.15, -0.1) is 0 Å². The summed E-state index contributed by atoms with van der Waals surface area (Å²) in [5.41, 5.74) is 0.787. The summed E-state index contributed by atoms with van der Waals surface area (Å²) in [6.45, 7) is 0. The molecule has 0 aliphatic rings. The molecular formula is C16H13BrN2O3S2. The largest absolute Gasteiger partial charge is 0.302 e. The number of rotatable bonds is 5. The number of sulfone groups is 1. The first-order valence-corrected chi connectivity index (χ1v) is 10.3. The second-order valence-corrected chi connectivity index (χ2v) is 9.12. The molecule has 5 nitrogen and oxygen atoms in total. The predicted octanol–water partition coefficient (Wildman–Crippen LogP) is 3.86. The fraction of sp³-hybridized carbons (Fsp3) is 0.125. The number of amides is 1. The second kappa shape index (κ2) is 7.00. The van der Waals surface area contributed by atoms with Crippen LogP contribution in [0.5, 0.6) is 0 Å². The summed E-state index contributed by atoms with van der Waals surface area (Å²) in [6.07, 6.45) is -0.114. The maximum atomic E-state index is 12.2. The van der Waals surface area contributed by atoms with Crippen LogP contribution in [0.2, 0.25) is 0 Å². The number of halogens is 1. The summed E-state index contributed by atoms with van der Waals surface area (Å²) in [4.78, 5) is 16.6. The maximum Gasteiger partial charge on any atom is 0.227 e. The van der Waals surface area contributed by atoms with Gasteiger partial charge in [0.2, 0.25) is 5.91 Å². The van der Waals surface area contributed by atoms with E-state index in [9.17, 15) is 13.2 Å². The van der Waals surface area contributed by atoms with E-state index in [1.807, 2.05) is 18.2 Å². The number of nitrogens with one attached hydrogen (secondary N) is 1. The first kappa shape index (κ1) is 17.1. The first-order valence-electron chi connectivity index (χ1n) is 7.08. The molecule has 0 bridgehead atoms. The molecule has 0 saturated heterocycles. The minimum atomic E-state index is -3.46. The number of anilines is 1. The van der Waals surface area contributed by atoms with Gasteiger partial charge < -0.3 is 5.32 Å². The average molecular weight is 425 g/mol. The van der Waals surface area contributed by atoms with Crippen LogP contribution in [-0.4, -0.2) is 25.1 Å². The van der Waals surface area contributed by atoms with Gasteiger partial charge in [-0.3, -0.25) is 4.79 Å². The van der Waals surface area contributed by atoms with Crippen molar-refractivity contribution in [1.82, 2.24) is 4.98 Å². The molecule has 0 unspecified atom stereocenters. The SMILES string of the molecule is O=C(CCS(=O)(=O)c1ccccc1)Nc1nc2ccc(Br)cc2s1. The zero-order chi connectivity index (χ0) is 17.2. The lowest BCUT2D eigenvalue weighted by molar-refractivity contribution is -0.115. The van der Waals surface area contributed by atoms with Crippen LogP contribution in [0, 0.1) is 0 Å². The summed E-state index contributed by atoms with van der Waals surface area (Å²) in [5, 5.41) is 3.13. The van der Waals surface area contributed by atoms with Gasteiger partial charge in [-0.1, -0.05) is 45.5 Å². The third-order valence-electron chi connectivity index (χ3n) is 3.30. The summed E-state index contributed by atoms with van der Waals surface area (Å²) >= 11 is 4.73. The van der Waals surface area contributed by atoms with Gasteiger partial charge in [0, 0.05) is 10.9 Å². The van der Waals surface area contributed by atoms with Crippen LogP contribution in [0.3, 0.4) is 0 Å². The summed E-state index contributed by atoms with van der Waals surface area (Å²) in [5.74, 6) is -0.605. The van der Waals surface area contributed by atoms with Crippen LogP contribution in [0.1, 0.15) is 6.42 Å². The number of carbonyl (C=O) groups excluding carboxylic acids is 1. The Hall–Kier alpha value is -1.77. The first-order chi connectivity index (χ1) is 11.4. The summed E-state index contributed by atoms with van der Waals surface area (Å²) in [7, 11) is -3.46. The molecule has 8 heteroatoms. The van der Waals surface area contributed by atoms with Crippen molar-refractivity contribution >= 4 is 58.4 Å². The molecule has 0 aliphatic heterocycles.